The van der Waals surface area contributed by atoms with E-state index in [9.17, 15) is 20.4 Å². The number of likely N-dealkylation sites (N-methyl/N-ethyl adjacent to an activating group) is 1. The first-order valence-electron chi connectivity index (χ1n) is 13.3. The van der Waals surface area contributed by atoms with E-state index in [2.05, 4.69) is 25.4 Å². The van der Waals surface area contributed by atoms with Gasteiger partial charge in [0.25, 0.3) is 0 Å². The maximum absolute atomic E-state index is 10.4. The highest BCUT2D eigenvalue weighted by Crippen LogP contribution is 2.36. The monoisotopic (exact) mass is 574 g/mol. The number of hydrogen-bond donors (Lipinski definition) is 5. The quantitative estimate of drug-likeness (QED) is 0.157. The molecule has 0 aromatic carbocycles. The van der Waals surface area contributed by atoms with E-state index in [1.165, 1.54) is 4.68 Å². The summed E-state index contributed by atoms with van der Waals surface area (Å²) in [6, 6.07) is 1.37. The van der Waals surface area contributed by atoms with Gasteiger partial charge in [-0.3, -0.25) is 19.7 Å². The molecule has 0 aliphatic carbocycles. The summed E-state index contributed by atoms with van der Waals surface area (Å²) in [5.74, 6) is 0.328. The zero-order valence-corrected chi connectivity index (χ0v) is 24.0. The third-order valence-corrected chi connectivity index (χ3v) is 7.09. The van der Waals surface area contributed by atoms with Crippen molar-refractivity contribution in [3.63, 3.8) is 0 Å². The Morgan fingerprint density at radius 1 is 1.21 bits per heavy atom. The van der Waals surface area contributed by atoms with Gasteiger partial charge in [0.1, 0.15) is 6.10 Å². The lowest BCUT2D eigenvalue weighted by Gasteiger charge is -2.34. The Labute approximate surface area is 244 Å². The molecule has 1 aliphatic heterocycles. The number of nitrogens with one attached hydrogen (secondary N) is 1. The lowest BCUT2D eigenvalue weighted by molar-refractivity contribution is -0.255. The largest absolute Gasteiger partial charge is 0.473 e. The van der Waals surface area contributed by atoms with E-state index in [0.29, 0.717) is 40.6 Å². The molecule has 218 valence electrons. The van der Waals surface area contributed by atoms with Gasteiger partial charge in [-0.1, -0.05) is 0 Å². The highest BCUT2D eigenvalue weighted by molar-refractivity contribution is 6.23. The SMILES string of the molecule is [B]C(O)(O)C([B])(O)Oc1nn(C(C)CO)c2c1/C=C/c1n[nH]c3cnc(cc13)-c1c(C)nn(C)c1OC(C)CN(C)C2. The number of H-pyrrole nitrogens is 1. The normalized spacial score (nSPS) is 19.3. The molecule has 3 unspecified atom stereocenters. The molecule has 4 aromatic rings. The maximum atomic E-state index is 10.4. The molecule has 3 atom stereocenters. The van der Waals surface area contributed by atoms with Crippen molar-refractivity contribution in [3.8, 4) is 23.0 Å². The number of pyridine rings is 1. The van der Waals surface area contributed by atoms with Gasteiger partial charge < -0.3 is 29.9 Å². The maximum Gasteiger partial charge on any atom is 0.242 e. The predicted molar refractivity (Wildman–Crippen MR) is 154 cm³/mol. The first-order chi connectivity index (χ1) is 19.7. The Bertz CT molecular complexity index is 1640. The van der Waals surface area contributed by atoms with Crippen molar-refractivity contribution in [2.75, 3.05) is 20.2 Å². The third kappa shape index (κ3) is 5.43. The number of aryl methyl sites for hydroxylation is 2. The lowest BCUT2D eigenvalue weighted by atomic mass is 9.75. The summed E-state index contributed by atoms with van der Waals surface area (Å²) in [5.41, 5.74) is -2.11. The van der Waals surface area contributed by atoms with Crippen LogP contribution in [-0.2, 0) is 13.6 Å². The second-order valence-electron chi connectivity index (χ2n) is 10.7. The second kappa shape index (κ2) is 10.9. The Balaban J connectivity index is 1.72. The Morgan fingerprint density at radius 2 is 1.95 bits per heavy atom. The number of ether oxygens (including phenoxy) is 2. The summed E-state index contributed by atoms with van der Waals surface area (Å²) < 4.78 is 15.0. The van der Waals surface area contributed by atoms with Gasteiger partial charge in [0.15, 0.2) is 21.4 Å². The number of aliphatic hydroxyl groups excluding tert-OH is 1. The van der Waals surface area contributed by atoms with Gasteiger partial charge in [0.2, 0.25) is 17.4 Å². The van der Waals surface area contributed by atoms with Crippen LogP contribution in [0.5, 0.6) is 11.8 Å². The molecule has 42 heavy (non-hydrogen) atoms. The molecular weight excluding hydrogens is 542 g/mol. The summed E-state index contributed by atoms with van der Waals surface area (Å²) in [6.07, 6.45) is 4.76. The molecule has 0 spiro atoms. The summed E-state index contributed by atoms with van der Waals surface area (Å²) in [4.78, 5) is 6.62. The lowest BCUT2D eigenvalue weighted by Crippen LogP contribution is -2.59. The molecule has 4 radical (unpaired) electrons. The van der Waals surface area contributed by atoms with Gasteiger partial charge in [-0.05, 0) is 46.0 Å². The van der Waals surface area contributed by atoms with Gasteiger partial charge in [0, 0.05) is 25.5 Å². The van der Waals surface area contributed by atoms with Gasteiger partial charge in [0.05, 0.1) is 58.3 Å². The Kier molecular flexibility index (Phi) is 7.70. The Morgan fingerprint density at radius 3 is 2.64 bits per heavy atom. The predicted octanol–water partition coefficient (Wildman–Crippen LogP) is -0.200. The van der Waals surface area contributed by atoms with Crippen molar-refractivity contribution >= 4 is 38.7 Å². The fourth-order valence-corrected chi connectivity index (χ4v) is 4.94. The Hall–Kier alpha value is -3.69. The molecule has 14 nitrogen and oxygen atoms in total. The summed E-state index contributed by atoms with van der Waals surface area (Å²) >= 11 is 0. The summed E-state index contributed by atoms with van der Waals surface area (Å²) in [6.45, 7) is 6.06. The number of hydrogen-bond acceptors (Lipinski definition) is 11. The molecule has 1 aliphatic rings. The third-order valence-electron chi connectivity index (χ3n) is 7.09. The molecule has 0 amide bonds. The van der Waals surface area contributed by atoms with Gasteiger partial charge in [-0.15, -0.1) is 5.10 Å². The molecule has 16 heteroatoms. The zero-order valence-electron chi connectivity index (χ0n) is 24.0. The molecule has 5 heterocycles. The fraction of sp³-hybridized carbons (Fsp3) is 0.462. The van der Waals surface area contributed by atoms with E-state index in [0.717, 1.165) is 16.6 Å². The van der Waals surface area contributed by atoms with E-state index >= 15 is 0 Å². The smallest absolute Gasteiger partial charge is 0.242 e. The van der Waals surface area contributed by atoms with Crippen LogP contribution in [0, 0.1) is 6.92 Å². The molecule has 0 saturated heterocycles. The van der Waals surface area contributed by atoms with Crippen LogP contribution in [0.25, 0.3) is 34.3 Å². The highest BCUT2D eigenvalue weighted by atomic mass is 16.7. The van der Waals surface area contributed by atoms with Gasteiger partial charge >= 0.3 is 0 Å². The van der Waals surface area contributed by atoms with Crippen molar-refractivity contribution < 1.29 is 29.9 Å². The fourth-order valence-electron chi connectivity index (χ4n) is 4.94. The number of aliphatic hydroxyl groups is 4. The molecular formula is C26H32B2N8O6. The number of nitrogens with zero attached hydrogens (tertiary/aromatic N) is 7. The molecule has 2 bridgehead atoms. The van der Waals surface area contributed by atoms with Crippen molar-refractivity contribution in [1.29, 1.82) is 0 Å². The van der Waals surface area contributed by atoms with Crippen LogP contribution in [0.15, 0.2) is 12.3 Å². The molecule has 5 rings (SSSR count). The van der Waals surface area contributed by atoms with Crippen LogP contribution in [0.4, 0.5) is 0 Å². The minimum Gasteiger partial charge on any atom is -0.473 e. The van der Waals surface area contributed by atoms with Crippen molar-refractivity contribution in [1.82, 2.24) is 39.6 Å². The number of fused-ring (bicyclic) bond motifs is 4. The van der Waals surface area contributed by atoms with Crippen LogP contribution in [0.1, 0.15) is 42.5 Å². The summed E-state index contributed by atoms with van der Waals surface area (Å²) in [7, 11) is 14.6. The van der Waals surface area contributed by atoms with E-state index in [1.807, 2.05) is 38.9 Å². The number of aromatic nitrogens is 7. The number of rotatable bonds is 5. The minimum atomic E-state index is -3.32. The molecule has 5 N–H and O–H groups in total. The van der Waals surface area contributed by atoms with Crippen molar-refractivity contribution in [3.05, 3.63) is 34.9 Å². The van der Waals surface area contributed by atoms with Crippen LogP contribution < -0.4 is 9.47 Å². The first-order valence-corrected chi connectivity index (χ1v) is 13.3. The van der Waals surface area contributed by atoms with Crippen molar-refractivity contribution in [2.45, 2.75) is 50.8 Å². The number of aromatic amines is 1. The molecule has 0 saturated carbocycles. The second-order valence-corrected chi connectivity index (χ2v) is 10.7. The van der Waals surface area contributed by atoms with Crippen LogP contribution in [0.3, 0.4) is 0 Å². The average Bonchev–Trinajstić information content (AvgIpc) is 3.53. The van der Waals surface area contributed by atoms with Crippen LogP contribution in [-0.4, -0.2) is 113 Å². The van der Waals surface area contributed by atoms with E-state index < -0.39 is 17.4 Å². The average molecular weight is 574 g/mol. The van der Waals surface area contributed by atoms with Crippen molar-refractivity contribution in [2.24, 2.45) is 7.05 Å². The highest BCUT2D eigenvalue weighted by Gasteiger charge is 2.42. The van der Waals surface area contributed by atoms with Gasteiger partial charge in [-0.2, -0.15) is 10.2 Å². The van der Waals surface area contributed by atoms with E-state index in [4.69, 9.17) is 25.2 Å². The zero-order chi connectivity index (χ0) is 30.6. The molecule has 0 fully saturated rings. The summed E-state index contributed by atoms with van der Waals surface area (Å²) in [5, 5.41) is 57.2. The van der Waals surface area contributed by atoms with E-state index in [1.54, 1.807) is 30.0 Å². The minimum absolute atomic E-state index is 0.247. The standard InChI is InChI=1S/C26H32B2N8O6/c1-13(12-37)36-21-11-34(4)10-14(2)41-24-22(15(3)32-35(24)5)19-8-17-18(30-31-20(17)9-29-19)7-6-16(21)23(33-36)42-26(28,40)25(27,38)39/h6-9,13-14,37-40H,10-12H2,1-5H3,(H,30,31)/b7-6+. The van der Waals surface area contributed by atoms with E-state index in [-0.39, 0.29) is 25.1 Å². The van der Waals surface area contributed by atoms with Gasteiger partial charge in [-0.25, -0.2) is 4.68 Å². The first kappa shape index (κ1) is 29.8. The van der Waals surface area contributed by atoms with Crippen LogP contribution >= 0.6 is 0 Å². The van der Waals surface area contributed by atoms with Crippen LogP contribution in [0.2, 0.25) is 0 Å². The topological polar surface area (TPSA) is 180 Å². The molecule has 4 aromatic heterocycles.